The number of methoxy groups -OCH3 is 1. The van der Waals surface area contributed by atoms with E-state index in [4.69, 9.17) is 4.74 Å². The van der Waals surface area contributed by atoms with E-state index >= 15 is 0 Å². The van der Waals surface area contributed by atoms with Crippen LogP contribution >= 0.6 is 0 Å². The maximum absolute atomic E-state index is 12.3. The van der Waals surface area contributed by atoms with Crippen molar-refractivity contribution in [2.75, 3.05) is 30.4 Å². The van der Waals surface area contributed by atoms with Crippen LogP contribution in [0.2, 0.25) is 0 Å². The van der Waals surface area contributed by atoms with Gasteiger partial charge in [0.2, 0.25) is 0 Å². The maximum atomic E-state index is 12.3. The summed E-state index contributed by atoms with van der Waals surface area (Å²) in [6.45, 7) is 1.71. The first-order valence-electron chi connectivity index (χ1n) is 8.57. The van der Waals surface area contributed by atoms with E-state index in [1.807, 2.05) is 18.3 Å². The molecule has 0 atom stereocenters. The van der Waals surface area contributed by atoms with Gasteiger partial charge in [-0.05, 0) is 37.1 Å². The van der Waals surface area contributed by atoms with Crippen molar-refractivity contribution in [3.8, 4) is 0 Å². The molecule has 26 heavy (non-hydrogen) atoms. The van der Waals surface area contributed by atoms with Gasteiger partial charge in [0.05, 0.1) is 30.2 Å². The first-order chi connectivity index (χ1) is 12.7. The number of nitrogens with one attached hydrogen (secondary N) is 2. The predicted molar refractivity (Wildman–Crippen MR) is 99.4 cm³/mol. The van der Waals surface area contributed by atoms with Crippen molar-refractivity contribution >= 4 is 23.4 Å². The molecule has 3 rings (SSSR count). The van der Waals surface area contributed by atoms with Gasteiger partial charge in [0.1, 0.15) is 0 Å². The number of rotatable bonds is 4. The quantitative estimate of drug-likeness (QED) is 0.825. The van der Waals surface area contributed by atoms with Crippen LogP contribution in [0.3, 0.4) is 0 Å². The number of esters is 1. The molecule has 1 aromatic carbocycles. The largest absolute Gasteiger partial charge is 0.465 e. The average Bonchev–Trinajstić information content (AvgIpc) is 2.69. The number of pyridine rings is 1. The molecule has 1 fully saturated rings. The van der Waals surface area contributed by atoms with Crippen LogP contribution in [0.5, 0.6) is 0 Å². The predicted octanol–water partition coefficient (Wildman–Crippen LogP) is 2.66. The van der Waals surface area contributed by atoms with Crippen molar-refractivity contribution in [2.24, 2.45) is 0 Å². The Balaban J connectivity index is 1.53. The summed E-state index contributed by atoms with van der Waals surface area (Å²) in [6.07, 6.45) is 5.31. The Morgan fingerprint density at radius 3 is 2.62 bits per heavy atom. The number of benzene rings is 1. The summed E-state index contributed by atoms with van der Waals surface area (Å²) in [7, 11) is 1.31. The highest BCUT2D eigenvalue weighted by Crippen LogP contribution is 2.19. The molecule has 0 aliphatic carbocycles. The summed E-state index contributed by atoms with van der Waals surface area (Å²) < 4.78 is 4.74. The van der Waals surface area contributed by atoms with Gasteiger partial charge in [-0.3, -0.25) is 4.98 Å². The Hall–Kier alpha value is -3.09. The van der Waals surface area contributed by atoms with Gasteiger partial charge in [-0.25, -0.2) is 9.59 Å². The number of amides is 2. The molecule has 2 amide bonds. The highest BCUT2D eigenvalue weighted by molar-refractivity contribution is 6.00. The van der Waals surface area contributed by atoms with Gasteiger partial charge >= 0.3 is 12.0 Å². The van der Waals surface area contributed by atoms with Crippen LogP contribution in [0.15, 0.2) is 48.8 Å². The molecule has 0 saturated carbocycles. The first kappa shape index (κ1) is 17.7. The summed E-state index contributed by atoms with van der Waals surface area (Å²) in [5.41, 5.74) is 1.86. The zero-order valence-corrected chi connectivity index (χ0v) is 14.6. The molecule has 1 aliphatic heterocycles. The molecule has 2 N–H and O–H groups in total. The van der Waals surface area contributed by atoms with E-state index in [9.17, 15) is 9.59 Å². The number of urea groups is 1. The fourth-order valence-electron chi connectivity index (χ4n) is 3.05. The zero-order valence-electron chi connectivity index (χ0n) is 14.6. The van der Waals surface area contributed by atoms with E-state index in [2.05, 4.69) is 20.5 Å². The van der Waals surface area contributed by atoms with E-state index in [1.54, 1.807) is 30.5 Å². The summed E-state index contributed by atoms with van der Waals surface area (Å²) in [6, 6.07) is 10.5. The molecule has 0 bridgehead atoms. The Labute approximate surface area is 152 Å². The number of piperidine rings is 1. The molecule has 2 heterocycles. The van der Waals surface area contributed by atoms with E-state index in [-0.39, 0.29) is 12.1 Å². The minimum atomic E-state index is -0.481. The molecule has 1 saturated heterocycles. The lowest BCUT2D eigenvalue weighted by atomic mass is 10.0. The van der Waals surface area contributed by atoms with Crippen molar-refractivity contribution in [1.29, 1.82) is 0 Å². The number of ether oxygens (including phenoxy) is 1. The second-order valence-corrected chi connectivity index (χ2v) is 6.11. The third kappa shape index (κ3) is 4.30. The van der Waals surface area contributed by atoms with Gasteiger partial charge in [0.25, 0.3) is 0 Å². The van der Waals surface area contributed by atoms with Gasteiger partial charge in [-0.1, -0.05) is 12.1 Å². The van der Waals surface area contributed by atoms with Crippen molar-refractivity contribution < 1.29 is 14.3 Å². The fourth-order valence-corrected chi connectivity index (χ4v) is 3.05. The van der Waals surface area contributed by atoms with E-state index in [0.717, 1.165) is 31.6 Å². The molecule has 2 aromatic rings. The van der Waals surface area contributed by atoms with Crippen molar-refractivity contribution in [1.82, 2.24) is 10.3 Å². The van der Waals surface area contributed by atoms with Crippen molar-refractivity contribution in [3.05, 3.63) is 54.4 Å². The number of carbonyl (C=O) groups excluding carboxylic acids is 2. The molecule has 7 heteroatoms. The number of aromatic nitrogens is 1. The number of hydrogen-bond donors (Lipinski definition) is 2. The van der Waals surface area contributed by atoms with Crippen LogP contribution in [0.4, 0.5) is 16.2 Å². The van der Waals surface area contributed by atoms with Crippen molar-refractivity contribution in [2.45, 2.75) is 18.9 Å². The second kappa shape index (κ2) is 8.33. The number of carbonyl (C=O) groups is 2. The fraction of sp³-hybridized carbons (Fsp3) is 0.316. The lowest BCUT2D eigenvalue weighted by Crippen LogP contribution is -2.46. The molecule has 1 aromatic heterocycles. The van der Waals surface area contributed by atoms with Crippen LogP contribution in [0.1, 0.15) is 23.2 Å². The minimum Gasteiger partial charge on any atom is -0.465 e. The van der Waals surface area contributed by atoms with E-state index in [1.165, 1.54) is 7.11 Å². The zero-order chi connectivity index (χ0) is 18.4. The maximum Gasteiger partial charge on any atom is 0.339 e. The standard InChI is InChI=1S/C19H22N4O3/c1-26-18(24)16-6-2-3-7-17(16)22-19(25)21-14-8-11-23(12-9-14)15-5-4-10-20-13-15/h2-7,10,13-14H,8-9,11-12H2,1H3,(H2,21,22,25). The monoisotopic (exact) mass is 354 g/mol. The highest BCUT2D eigenvalue weighted by Gasteiger charge is 2.21. The van der Waals surface area contributed by atoms with Gasteiger partial charge in [0.15, 0.2) is 0 Å². The molecule has 7 nitrogen and oxygen atoms in total. The van der Waals surface area contributed by atoms with Gasteiger partial charge in [-0.2, -0.15) is 0 Å². The summed E-state index contributed by atoms with van der Waals surface area (Å²) in [5.74, 6) is -0.481. The van der Waals surface area contributed by atoms with Crippen LogP contribution in [0, 0.1) is 0 Å². The second-order valence-electron chi connectivity index (χ2n) is 6.11. The molecule has 136 valence electrons. The molecule has 1 aliphatic rings. The number of para-hydroxylation sites is 1. The van der Waals surface area contributed by atoms with Gasteiger partial charge in [0, 0.05) is 25.3 Å². The summed E-state index contributed by atoms with van der Waals surface area (Å²) >= 11 is 0. The highest BCUT2D eigenvalue weighted by atomic mass is 16.5. The lowest BCUT2D eigenvalue weighted by molar-refractivity contribution is 0.0602. The summed E-state index contributed by atoms with van der Waals surface area (Å²) in [4.78, 5) is 30.5. The Kier molecular flexibility index (Phi) is 5.68. The van der Waals surface area contributed by atoms with E-state index in [0.29, 0.717) is 11.3 Å². The van der Waals surface area contributed by atoms with Crippen LogP contribution < -0.4 is 15.5 Å². The van der Waals surface area contributed by atoms with Crippen LogP contribution in [-0.2, 0) is 4.74 Å². The minimum absolute atomic E-state index is 0.0909. The smallest absolute Gasteiger partial charge is 0.339 e. The molecule has 0 radical (unpaired) electrons. The van der Waals surface area contributed by atoms with Crippen molar-refractivity contribution in [3.63, 3.8) is 0 Å². The average molecular weight is 354 g/mol. The van der Waals surface area contributed by atoms with Crippen LogP contribution in [0.25, 0.3) is 0 Å². The Bertz CT molecular complexity index is 758. The third-order valence-corrected chi connectivity index (χ3v) is 4.42. The third-order valence-electron chi connectivity index (χ3n) is 4.42. The van der Waals surface area contributed by atoms with Gasteiger partial charge < -0.3 is 20.3 Å². The molecule has 0 spiro atoms. The van der Waals surface area contributed by atoms with E-state index < -0.39 is 5.97 Å². The van der Waals surface area contributed by atoms with Gasteiger partial charge in [-0.15, -0.1) is 0 Å². The lowest BCUT2D eigenvalue weighted by Gasteiger charge is -2.33. The number of nitrogens with zero attached hydrogens (tertiary/aromatic N) is 2. The summed E-state index contributed by atoms with van der Waals surface area (Å²) in [5, 5.41) is 5.72. The number of hydrogen-bond acceptors (Lipinski definition) is 5. The Morgan fingerprint density at radius 1 is 1.15 bits per heavy atom. The van der Waals surface area contributed by atoms with Crippen LogP contribution in [-0.4, -0.2) is 43.2 Å². The Morgan fingerprint density at radius 2 is 1.92 bits per heavy atom. The molecule has 0 unspecified atom stereocenters. The number of anilines is 2. The molecular formula is C19H22N4O3. The topological polar surface area (TPSA) is 83.6 Å². The normalized spacial score (nSPS) is 14.6. The SMILES string of the molecule is COC(=O)c1ccccc1NC(=O)NC1CCN(c2cccnc2)CC1. The molecular weight excluding hydrogens is 332 g/mol. The first-order valence-corrected chi connectivity index (χ1v) is 8.57.